The van der Waals surface area contributed by atoms with Crippen LogP contribution in [0.25, 0.3) is 0 Å². The molecule has 1 aliphatic rings. The minimum absolute atomic E-state index is 0.103. The molecule has 1 N–H and O–H groups in total. The second-order valence-corrected chi connectivity index (χ2v) is 8.19. The fraction of sp³-hybridized carbons (Fsp3) is 0.409. The molecule has 1 amide bonds. The second-order valence-electron chi connectivity index (χ2n) is 7.31. The smallest absolute Gasteiger partial charge is 0.234 e. The van der Waals surface area contributed by atoms with Crippen molar-refractivity contribution in [2.75, 3.05) is 19.8 Å². The minimum Gasteiger partial charge on any atom is -0.348 e. The summed E-state index contributed by atoms with van der Waals surface area (Å²) < 4.78 is 0. The average molecular weight is 369 g/mol. The highest BCUT2D eigenvalue weighted by Crippen LogP contribution is 2.41. The van der Waals surface area contributed by atoms with E-state index in [1.54, 1.807) is 11.8 Å². The van der Waals surface area contributed by atoms with Gasteiger partial charge in [-0.2, -0.15) is 0 Å². The Kier molecular flexibility index (Phi) is 6.38. The maximum absolute atomic E-state index is 12.6. The van der Waals surface area contributed by atoms with Crippen molar-refractivity contribution in [3.8, 4) is 0 Å². The van der Waals surface area contributed by atoms with Crippen LogP contribution in [-0.2, 0) is 11.3 Å². The Balaban J connectivity index is 1.55. The topological polar surface area (TPSA) is 32.3 Å². The van der Waals surface area contributed by atoms with E-state index in [0.717, 1.165) is 6.54 Å². The van der Waals surface area contributed by atoms with Gasteiger partial charge in [0.25, 0.3) is 0 Å². The van der Waals surface area contributed by atoms with Crippen LogP contribution in [0.1, 0.15) is 35.6 Å². The third kappa shape index (κ3) is 5.36. The number of aryl methyl sites for hydroxylation is 1. The van der Waals surface area contributed by atoms with Gasteiger partial charge < -0.3 is 5.32 Å². The lowest BCUT2D eigenvalue weighted by atomic mass is 10.0. The molecule has 0 bridgehead atoms. The Labute approximate surface area is 161 Å². The van der Waals surface area contributed by atoms with Gasteiger partial charge in [-0.15, -0.1) is 11.8 Å². The van der Waals surface area contributed by atoms with Crippen molar-refractivity contribution < 1.29 is 4.79 Å². The number of likely N-dealkylation sites (N-methyl/N-ethyl adjacent to an activating group) is 1. The third-order valence-electron chi connectivity index (χ3n) is 4.87. The number of nitrogens with one attached hydrogen (secondary N) is 1. The molecular formula is C22H28N2OS. The van der Waals surface area contributed by atoms with E-state index in [1.165, 1.54) is 34.4 Å². The van der Waals surface area contributed by atoms with Gasteiger partial charge in [-0.05, 0) is 62.2 Å². The van der Waals surface area contributed by atoms with Crippen molar-refractivity contribution in [3.63, 3.8) is 0 Å². The van der Waals surface area contributed by atoms with E-state index in [-0.39, 0.29) is 11.9 Å². The lowest BCUT2D eigenvalue weighted by Gasteiger charge is -2.22. The van der Waals surface area contributed by atoms with Gasteiger partial charge >= 0.3 is 0 Å². The van der Waals surface area contributed by atoms with Crippen LogP contribution in [0, 0.1) is 12.8 Å². The van der Waals surface area contributed by atoms with Crippen LogP contribution < -0.4 is 5.32 Å². The Morgan fingerprint density at radius 2 is 1.81 bits per heavy atom. The Morgan fingerprint density at radius 1 is 1.15 bits per heavy atom. The Bertz CT molecular complexity index is 723. The van der Waals surface area contributed by atoms with Gasteiger partial charge in [0, 0.05) is 11.4 Å². The average Bonchev–Trinajstić information content (AvgIpc) is 3.46. The fourth-order valence-electron chi connectivity index (χ4n) is 3.24. The molecular weight excluding hydrogens is 340 g/mol. The summed E-state index contributed by atoms with van der Waals surface area (Å²) in [5.74, 6) is 0.691. The number of nitrogens with zero attached hydrogens (tertiary/aromatic N) is 1. The third-order valence-corrected chi connectivity index (χ3v) is 5.62. The van der Waals surface area contributed by atoms with Crippen LogP contribution >= 0.6 is 11.8 Å². The molecule has 1 unspecified atom stereocenters. The molecule has 0 heterocycles. The number of benzene rings is 2. The zero-order valence-electron chi connectivity index (χ0n) is 15.9. The van der Waals surface area contributed by atoms with Crippen LogP contribution in [0.15, 0.2) is 53.4 Å². The molecule has 1 aliphatic carbocycles. The molecule has 0 spiro atoms. The van der Waals surface area contributed by atoms with E-state index in [2.05, 4.69) is 71.9 Å². The van der Waals surface area contributed by atoms with Crippen LogP contribution in [0.2, 0.25) is 0 Å². The molecule has 1 atom stereocenters. The molecule has 2 aromatic rings. The van der Waals surface area contributed by atoms with E-state index in [0.29, 0.717) is 12.5 Å². The molecule has 2 aromatic carbocycles. The van der Waals surface area contributed by atoms with Crippen LogP contribution in [0.5, 0.6) is 0 Å². The maximum atomic E-state index is 12.6. The number of thioether (sulfide) groups is 1. The second kappa shape index (κ2) is 8.74. The summed E-state index contributed by atoms with van der Waals surface area (Å²) >= 11 is 1.74. The molecule has 4 heteroatoms. The number of amides is 1. The summed E-state index contributed by atoms with van der Waals surface area (Å²) in [4.78, 5) is 15.9. The summed E-state index contributed by atoms with van der Waals surface area (Å²) in [5.41, 5.74) is 3.71. The lowest BCUT2D eigenvalue weighted by molar-refractivity contribution is -0.123. The largest absolute Gasteiger partial charge is 0.348 e. The monoisotopic (exact) mass is 368 g/mol. The van der Waals surface area contributed by atoms with Crippen LogP contribution in [-0.4, -0.2) is 30.7 Å². The maximum Gasteiger partial charge on any atom is 0.234 e. The number of carbonyl (C=O) groups excluding carboxylic acids is 1. The first-order chi connectivity index (χ1) is 12.5. The van der Waals surface area contributed by atoms with Gasteiger partial charge in [-0.3, -0.25) is 9.69 Å². The normalized spacial score (nSPS) is 15.1. The highest BCUT2D eigenvalue weighted by molar-refractivity contribution is 7.98. The predicted molar refractivity (Wildman–Crippen MR) is 109 cm³/mol. The first-order valence-corrected chi connectivity index (χ1v) is 10.4. The van der Waals surface area contributed by atoms with E-state index < -0.39 is 0 Å². The molecule has 0 aromatic heterocycles. The quantitative estimate of drug-likeness (QED) is 0.700. The van der Waals surface area contributed by atoms with Crippen molar-refractivity contribution in [3.05, 3.63) is 65.2 Å². The van der Waals surface area contributed by atoms with Gasteiger partial charge in [0.2, 0.25) is 5.91 Å². The van der Waals surface area contributed by atoms with E-state index >= 15 is 0 Å². The summed E-state index contributed by atoms with van der Waals surface area (Å²) in [5, 5.41) is 3.27. The summed E-state index contributed by atoms with van der Waals surface area (Å²) in [7, 11) is 2.00. The molecule has 1 saturated carbocycles. The SMILES string of the molecule is CSc1ccc(CN(C)CC(=O)NC(c2ccc(C)cc2)C2CC2)cc1. The summed E-state index contributed by atoms with van der Waals surface area (Å²) in [6.07, 6.45) is 4.49. The highest BCUT2D eigenvalue weighted by atomic mass is 32.2. The first-order valence-electron chi connectivity index (χ1n) is 9.22. The molecule has 138 valence electrons. The molecule has 0 aliphatic heterocycles. The first kappa shape index (κ1) is 19.0. The number of carbonyl (C=O) groups is 1. The van der Waals surface area contributed by atoms with Crippen LogP contribution in [0.3, 0.4) is 0 Å². The molecule has 1 fully saturated rings. The molecule has 0 saturated heterocycles. The fourth-order valence-corrected chi connectivity index (χ4v) is 3.65. The van der Waals surface area contributed by atoms with Crippen molar-refractivity contribution in [2.24, 2.45) is 5.92 Å². The predicted octanol–water partition coefficient (Wildman–Crippen LogP) is 4.42. The van der Waals surface area contributed by atoms with Crippen molar-refractivity contribution in [2.45, 2.75) is 37.2 Å². The van der Waals surface area contributed by atoms with E-state index in [4.69, 9.17) is 0 Å². The van der Waals surface area contributed by atoms with Crippen molar-refractivity contribution in [1.82, 2.24) is 10.2 Å². The van der Waals surface area contributed by atoms with Crippen molar-refractivity contribution >= 4 is 17.7 Å². The molecule has 26 heavy (non-hydrogen) atoms. The number of hydrogen-bond acceptors (Lipinski definition) is 3. The van der Waals surface area contributed by atoms with E-state index in [9.17, 15) is 4.79 Å². The Morgan fingerprint density at radius 3 is 2.38 bits per heavy atom. The van der Waals surface area contributed by atoms with Gasteiger partial charge in [-0.25, -0.2) is 0 Å². The van der Waals surface area contributed by atoms with Gasteiger partial charge in [0.1, 0.15) is 0 Å². The molecule has 3 nitrogen and oxygen atoms in total. The van der Waals surface area contributed by atoms with Gasteiger partial charge in [-0.1, -0.05) is 42.0 Å². The minimum atomic E-state index is 0.103. The zero-order valence-corrected chi connectivity index (χ0v) is 16.7. The number of rotatable bonds is 8. The lowest BCUT2D eigenvalue weighted by Crippen LogP contribution is -2.37. The molecule has 0 radical (unpaired) electrons. The van der Waals surface area contributed by atoms with Crippen LogP contribution in [0.4, 0.5) is 0 Å². The van der Waals surface area contributed by atoms with Gasteiger partial charge in [0.05, 0.1) is 12.6 Å². The Hall–Kier alpha value is -1.78. The number of hydrogen-bond donors (Lipinski definition) is 1. The summed E-state index contributed by atoms with van der Waals surface area (Å²) in [6, 6.07) is 17.2. The molecule has 3 rings (SSSR count). The standard InChI is InChI=1S/C22H28N2OS/c1-16-4-8-18(9-5-16)22(19-10-11-19)23-21(25)15-24(2)14-17-6-12-20(26-3)13-7-17/h4-9,12-13,19,22H,10-11,14-15H2,1-3H3,(H,23,25). The highest BCUT2D eigenvalue weighted by Gasteiger charge is 2.33. The van der Waals surface area contributed by atoms with Gasteiger partial charge in [0.15, 0.2) is 0 Å². The zero-order chi connectivity index (χ0) is 18.5. The van der Waals surface area contributed by atoms with E-state index in [1.807, 2.05) is 7.05 Å². The summed E-state index contributed by atoms with van der Waals surface area (Å²) in [6.45, 7) is 3.29. The van der Waals surface area contributed by atoms with Crippen molar-refractivity contribution in [1.29, 1.82) is 0 Å².